The normalized spacial score (nSPS) is 17.2. The van der Waals surface area contributed by atoms with Gasteiger partial charge in [0.2, 0.25) is 17.7 Å². The number of benzene rings is 1. The number of nitrogens with two attached hydrogens (primary N) is 1. The summed E-state index contributed by atoms with van der Waals surface area (Å²) >= 11 is 0. The molecule has 1 aliphatic heterocycles. The maximum Gasteiger partial charge on any atom is 0.326 e. The van der Waals surface area contributed by atoms with Crippen LogP contribution in [0.2, 0.25) is 0 Å². The lowest BCUT2D eigenvalue weighted by Gasteiger charge is -2.29. The molecule has 1 aliphatic rings. The van der Waals surface area contributed by atoms with Crippen molar-refractivity contribution in [2.75, 3.05) is 6.54 Å². The Bertz CT molecular complexity index is 1390. The lowest BCUT2D eigenvalue weighted by atomic mass is 10.0. The second kappa shape index (κ2) is 12.4. The first-order valence-electron chi connectivity index (χ1n) is 12.8. The minimum atomic E-state index is -1.40. The first-order valence-corrected chi connectivity index (χ1v) is 12.8. The molecule has 14 nitrogen and oxygen atoms in total. The van der Waals surface area contributed by atoms with E-state index < -0.39 is 60.2 Å². The number of rotatable bonds is 12. The van der Waals surface area contributed by atoms with Gasteiger partial charge in [-0.2, -0.15) is 0 Å². The smallest absolute Gasteiger partial charge is 0.326 e. The quantitative estimate of drug-likeness (QED) is 0.154. The Labute approximate surface area is 228 Å². The number of aromatic amines is 2. The van der Waals surface area contributed by atoms with Crippen LogP contribution in [0.25, 0.3) is 10.9 Å². The maximum atomic E-state index is 13.7. The summed E-state index contributed by atoms with van der Waals surface area (Å²) in [5.41, 5.74) is 7.76. The first kappa shape index (κ1) is 28.3. The van der Waals surface area contributed by atoms with Crippen molar-refractivity contribution in [1.29, 1.82) is 0 Å². The number of nitrogens with one attached hydrogen (secondary N) is 4. The summed E-state index contributed by atoms with van der Waals surface area (Å²) in [6.07, 6.45) is 4.76. The molecule has 0 unspecified atom stereocenters. The molecule has 4 rings (SSSR count). The third kappa shape index (κ3) is 6.64. The highest BCUT2D eigenvalue weighted by Crippen LogP contribution is 2.23. The molecule has 3 heterocycles. The molecular formula is C26H31N7O7. The molecule has 4 atom stereocenters. The summed E-state index contributed by atoms with van der Waals surface area (Å²) in [5, 5.41) is 24.7. The van der Waals surface area contributed by atoms with E-state index in [1.54, 1.807) is 6.20 Å². The van der Waals surface area contributed by atoms with E-state index in [2.05, 4.69) is 25.6 Å². The van der Waals surface area contributed by atoms with Crippen molar-refractivity contribution in [3.63, 3.8) is 0 Å². The lowest BCUT2D eigenvalue weighted by molar-refractivity contribution is -0.149. The van der Waals surface area contributed by atoms with Gasteiger partial charge in [-0.05, 0) is 24.5 Å². The number of aromatic nitrogens is 3. The van der Waals surface area contributed by atoms with E-state index >= 15 is 0 Å². The van der Waals surface area contributed by atoms with E-state index in [0.717, 1.165) is 16.5 Å². The standard InChI is InChI=1S/C26H31N7O7/c27-17(10-22(34)35)23(36)31-19(9-15-12-28-13-30-15)24(37)32-20(25(38)33-7-3-6-21(33)26(39)40)8-14-11-29-18-5-2-1-4-16(14)18/h1-2,4-5,11-13,17,19-21,29H,3,6-10,27H2,(H,28,30)(H,31,36)(H,32,37)(H,34,35)(H,39,40)/t17-,19-,20-,21-/m0/s1. The van der Waals surface area contributed by atoms with Crippen LogP contribution in [0.5, 0.6) is 0 Å². The van der Waals surface area contributed by atoms with Gasteiger partial charge in [0.05, 0.1) is 18.8 Å². The maximum absolute atomic E-state index is 13.7. The number of carboxylic acids is 2. The Hall–Kier alpha value is -4.72. The number of carbonyl (C=O) groups excluding carboxylic acids is 3. The zero-order valence-electron chi connectivity index (χ0n) is 21.5. The lowest BCUT2D eigenvalue weighted by Crippen LogP contribution is -2.58. The van der Waals surface area contributed by atoms with Gasteiger partial charge in [-0.25, -0.2) is 9.78 Å². The van der Waals surface area contributed by atoms with Gasteiger partial charge in [0.1, 0.15) is 18.1 Å². The average Bonchev–Trinajstić information content (AvgIpc) is 3.68. The number of hydrogen-bond acceptors (Lipinski definition) is 7. The highest BCUT2D eigenvalue weighted by Gasteiger charge is 2.39. The van der Waals surface area contributed by atoms with Crippen LogP contribution in [-0.4, -0.2) is 90.4 Å². The van der Waals surface area contributed by atoms with Crippen molar-refractivity contribution in [2.45, 2.75) is 56.3 Å². The largest absolute Gasteiger partial charge is 0.481 e. The van der Waals surface area contributed by atoms with Crippen molar-refractivity contribution in [1.82, 2.24) is 30.5 Å². The molecule has 0 spiro atoms. The number of carbonyl (C=O) groups is 5. The molecule has 0 bridgehead atoms. The molecular weight excluding hydrogens is 522 g/mol. The highest BCUT2D eigenvalue weighted by molar-refractivity contribution is 5.95. The fraction of sp³-hybridized carbons (Fsp3) is 0.385. The Morgan fingerprint density at radius 1 is 1.05 bits per heavy atom. The number of hydrogen-bond donors (Lipinski definition) is 7. The molecule has 14 heteroatoms. The van der Waals surface area contributed by atoms with Crippen LogP contribution in [0.3, 0.4) is 0 Å². The van der Waals surface area contributed by atoms with Crippen molar-refractivity contribution in [3.8, 4) is 0 Å². The summed E-state index contributed by atoms with van der Waals surface area (Å²) in [6, 6.07) is 2.62. The van der Waals surface area contributed by atoms with Crippen molar-refractivity contribution in [3.05, 3.63) is 54.2 Å². The minimum Gasteiger partial charge on any atom is -0.481 e. The van der Waals surface area contributed by atoms with Crippen LogP contribution in [0.15, 0.2) is 43.0 Å². The van der Waals surface area contributed by atoms with Gasteiger partial charge >= 0.3 is 11.9 Å². The number of likely N-dealkylation sites (tertiary alicyclic amines) is 1. The monoisotopic (exact) mass is 553 g/mol. The van der Waals surface area contributed by atoms with E-state index in [1.807, 2.05) is 24.3 Å². The van der Waals surface area contributed by atoms with E-state index in [9.17, 15) is 29.1 Å². The van der Waals surface area contributed by atoms with E-state index in [1.165, 1.54) is 17.4 Å². The Morgan fingerprint density at radius 2 is 1.80 bits per heavy atom. The Balaban J connectivity index is 1.60. The van der Waals surface area contributed by atoms with Gasteiger partial charge in [-0.15, -0.1) is 0 Å². The van der Waals surface area contributed by atoms with Crippen LogP contribution < -0.4 is 16.4 Å². The second-order valence-electron chi connectivity index (χ2n) is 9.70. The molecule has 3 amide bonds. The molecule has 2 aromatic heterocycles. The van der Waals surface area contributed by atoms with Gasteiger partial charge in [0, 0.05) is 48.4 Å². The number of H-pyrrole nitrogens is 2. The molecule has 1 saturated heterocycles. The Morgan fingerprint density at radius 3 is 2.50 bits per heavy atom. The fourth-order valence-corrected chi connectivity index (χ4v) is 4.87. The number of nitrogens with zero attached hydrogens (tertiary/aromatic N) is 2. The van der Waals surface area contributed by atoms with Gasteiger partial charge in [-0.1, -0.05) is 18.2 Å². The molecule has 8 N–H and O–H groups in total. The van der Waals surface area contributed by atoms with Crippen LogP contribution in [0.1, 0.15) is 30.5 Å². The molecule has 212 valence electrons. The molecule has 1 aromatic carbocycles. The van der Waals surface area contributed by atoms with Gasteiger partial charge in [0.15, 0.2) is 0 Å². The third-order valence-corrected chi connectivity index (χ3v) is 6.88. The number of carboxylic acid groups (broad SMARTS) is 2. The minimum absolute atomic E-state index is 0.0488. The summed E-state index contributed by atoms with van der Waals surface area (Å²) in [5.74, 6) is -4.54. The number of imidazole rings is 1. The number of fused-ring (bicyclic) bond motifs is 1. The summed E-state index contributed by atoms with van der Waals surface area (Å²) in [4.78, 5) is 73.9. The molecule has 0 saturated carbocycles. The summed E-state index contributed by atoms with van der Waals surface area (Å²) in [7, 11) is 0. The topological polar surface area (TPSA) is 224 Å². The second-order valence-corrected chi connectivity index (χ2v) is 9.70. The van der Waals surface area contributed by atoms with Crippen LogP contribution in [0, 0.1) is 0 Å². The summed E-state index contributed by atoms with van der Waals surface area (Å²) in [6.45, 7) is 0.231. The Kier molecular flexibility index (Phi) is 8.79. The van der Waals surface area contributed by atoms with Crippen LogP contribution in [0.4, 0.5) is 0 Å². The van der Waals surface area contributed by atoms with Gasteiger partial charge < -0.3 is 41.4 Å². The van der Waals surface area contributed by atoms with Crippen LogP contribution in [-0.2, 0) is 36.8 Å². The fourth-order valence-electron chi connectivity index (χ4n) is 4.87. The number of aliphatic carboxylic acids is 2. The predicted octanol–water partition coefficient (Wildman–Crippen LogP) is -0.477. The van der Waals surface area contributed by atoms with Crippen molar-refractivity contribution < 1.29 is 34.2 Å². The van der Waals surface area contributed by atoms with Gasteiger partial charge in [0.25, 0.3) is 0 Å². The van der Waals surface area contributed by atoms with E-state index in [4.69, 9.17) is 10.8 Å². The molecule has 1 fully saturated rings. The van der Waals surface area contributed by atoms with E-state index in [-0.39, 0.29) is 19.4 Å². The first-order chi connectivity index (χ1) is 19.1. The zero-order chi connectivity index (χ0) is 28.8. The summed E-state index contributed by atoms with van der Waals surface area (Å²) < 4.78 is 0. The number of amides is 3. The highest BCUT2D eigenvalue weighted by atomic mass is 16.4. The van der Waals surface area contributed by atoms with E-state index in [0.29, 0.717) is 18.5 Å². The molecule has 0 radical (unpaired) electrons. The van der Waals surface area contributed by atoms with Gasteiger partial charge in [-0.3, -0.25) is 19.2 Å². The predicted molar refractivity (Wildman–Crippen MR) is 141 cm³/mol. The average molecular weight is 554 g/mol. The van der Waals surface area contributed by atoms with Crippen LogP contribution >= 0.6 is 0 Å². The zero-order valence-corrected chi connectivity index (χ0v) is 21.5. The SMILES string of the molecule is N[C@@H](CC(=O)O)C(=O)N[C@@H](Cc1cnc[nH]1)C(=O)N[C@@H](Cc1c[nH]c2ccccc12)C(=O)N1CCC[C@H]1C(=O)O. The van der Waals surface area contributed by atoms with Crippen molar-refractivity contribution in [2.24, 2.45) is 5.73 Å². The molecule has 3 aromatic rings. The van der Waals surface area contributed by atoms with Crippen molar-refractivity contribution >= 4 is 40.6 Å². The third-order valence-electron chi connectivity index (χ3n) is 6.88. The molecule has 0 aliphatic carbocycles. The number of para-hydroxylation sites is 1. The molecule has 40 heavy (non-hydrogen) atoms.